The second-order valence-corrected chi connectivity index (χ2v) is 6.28. The highest BCUT2D eigenvalue weighted by atomic mass is 127. The molecule has 1 unspecified atom stereocenters. The average molecular weight is 455 g/mol. The normalized spacial score (nSPS) is 17.7. The number of hydrogen-bond acceptors (Lipinski definition) is 3. The van der Waals surface area contributed by atoms with Gasteiger partial charge < -0.3 is 10.2 Å². The molecule has 1 atom stereocenters. The molecule has 0 saturated carbocycles. The van der Waals surface area contributed by atoms with Crippen LogP contribution in [0.1, 0.15) is 37.8 Å². The first-order valence-electron chi connectivity index (χ1n) is 8.90. The van der Waals surface area contributed by atoms with Crippen LogP contribution in [-0.4, -0.2) is 55.0 Å². The van der Waals surface area contributed by atoms with Crippen LogP contribution in [0.2, 0.25) is 0 Å². The molecular formula is C19H30IN5. The lowest BCUT2D eigenvalue weighted by Crippen LogP contribution is -2.45. The van der Waals surface area contributed by atoms with Crippen LogP contribution < -0.4 is 5.32 Å². The third kappa shape index (κ3) is 6.48. The molecule has 5 nitrogen and oxygen atoms in total. The minimum Gasteiger partial charge on any atom is -0.357 e. The van der Waals surface area contributed by atoms with Crippen molar-refractivity contribution in [2.45, 2.75) is 39.3 Å². The maximum absolute atomic E-state index is 8.87. The topological polar surface area (TPSA) is 54.7 Å². The Morgan fingerprint density at radius 3 is 2.68 bits per heavy atom. The maximum atomic E-state index is 8.87. The summed E-state index contributed by atoms with van der Waals surface area (Å²) in [7, 11) is 2.12. The highest BCUT2D eigenvalue weighted by Gasteiger charge is 2.24. The van der Waals surface area contributed by atoms with Gasteiger partial charge in [-0.1, -0.05) is 19.1 Å². The van der Waals surface area contributed by atoms with Crippen molar-refractivity contribution in [1.29, 1.82) is 5.26 Å². The number of rotatable bonds is 6. The van der Waals surface area contributed by atoms with Gasteiger partial charge in [-0.3, -0.25) is 4.90 Å². The first-order chi connectivity index (χ1) is 11.7. The Hall–Kier alpha value is -1.33. The zero-order valence-electron chi connectivity index (χ0n) is 15.5. The number of halogens is 1. The number of hydrogen-bond donors (Lipinski definition) is 1. The van der Waals surface area contributed by atoms with Crippen LogP contribution in [0.15, 0.2) is 29.3 Å². The van der Waals surface area contributed by atoms with Crippen molar-refractivity contribution in [3.05, 3.63) is 35.4 Å². The molecule has 0 spiro atoms. The molecular weight excluding hydrogens is 425 g/mol. The molecule has 2 rings (SSSR count). The van der Waals surface area contributed by atoms with Crippen molar-refractivity contribution in [3.8, 4) is 6.07 Å². The molecule has 1 aliphatic heterocycles. The van der Waals surface area contributed by atoms with Crippen LogP contribution in [0.3, 0.4) is 0 Å². The van der Waals surface area contributed by atoms with Crippen molar-refractivity contribution in [1.82, 2.24) is 15.1 Å². The van der Waals surface area contributed by atoms with Crippen LogP contribution in [-0.2, 0) is 6.54 Å². The van der Waals surface area contributed by atoms with Gasteiger partial charge in [-0.25, -0.2) is 4.99 Å². The van der Waals surface area contributed by atoms with Gasteiger partial charge in [0.15, 0.2) is 5.96 Å². The third-order valence-electron chi connectivity index (χ3n) is 4.58. The number of nitrogens with one attached hydrogen (secondary N) is 1. The Morgan fingerprint density at radius 1 is 1.36 bits per heavy atom. The summed E-state index contributed by atoms with van der Waals surface area (Å²) in [5.74, 6) is 0.949. The van der Waals surface area contributed by atoms with Gasteiger partial charge in [0.1, 0.15) is 0 Å². The SMILES string of the molecule is CCNC(=NCc1ccc(C#N)cc1)N(C)CC1CCCN1CC.I. The molecule has 1 fully saturated rings. The smallest absolute Gasteiger partial charge is 0.194 e. The number of guanidine groups is 1. The third-order valence-corrected chi connectivity index (χ3v) is 4.58. The molecule has 0 amide bonds. The van der Waals surface area contributed by atoms with Crippen LogP contribution in [0.5, 0.6) is 0 Å². The molecule has 1 N–H and O–H groups in total. The minimum atomic E-state index is 0. The van der Waals surface area contributed by atoms with Crippen molar-refractivity contribution >= 4 is 29.9 Å². The van der Waals surface area contributed by atoms with Crippen LogP contribution >= 0.6 is 24.0 Å². The Morgan fingerprint density at radius 2 is 2.08 bits per heavy atom. The van der Waals surface area contributed by atoms with Gasteiger partial charge in [-0.2, -0.15) is 5.26 Å². The summed E-state index contributed by atoms with van der Waals surface area (Å²) in [4.78, 5) is 9.56. The predicted molar refractivity (Wildman–Crippen MR) is 114 cm³/mol. The van der Waals surface area contributed by atoms with Crippen molar-refractivity contribution in [3.63, 3.8) is 0 Å². The van der Waals surface area contributed by atoms with Crippen molar-refractivity contribution < 1.29 is 0 Å². The number of nitriles is 1. The quantitative estimate of drug-likeness (QED) is 0.407. The Labute approximate surface area is 169 Å². The zero-order valence-corrected chi connectivity index (χ0v) is 17.9. The number of nitrogens with zero attached hydrogens (tertiary/aromatic N) is 4. The molecule has 1 saturated heterocycles. The summed E-state index contributed by atoms with van der Waals surface area (Å²) in [6.45, 7) is 9.17. The second-order valence-electron chi connectivity index (χ2n) is 6.28. The van der Waals surface area contributed by atoms with Gasteiger partial charge in [-0.05, 0) is 50.6 Å². The van der Waals surface area contributed by atoms with E-state index in [1.54, 1.807) is 0 Å². The van der Waals surface area contributed by atoms with Crippen molar-refractivity contribution in [2.75, 3.05) is 33.2 Å². The standard InChI is InChI=1S/C19H29N5.HI/c1-4-21-19(22-14-17-10-8-16(13-20)9-11-17)23(3)15-18-7-6-12-24(18)5-2;/h8-11,18H,4-7,12,14-15H2,1-3H3,(H,21,22);1H. The molecule has 0 radical (unpaired) electrons. The van der Waals surface area contributed by atoms with E-state index in [2.05, 4.69) is 42.1 Å². The first-order valence-corrected chi connectivity index (χ1v) is 8.90. The highest BCUT2D eigenvalue weighted by Crippen LogP contribution is 2.17. The number of likely N-dealkylation sites (N-methyl/N-ethyl adjacent to an activating group) is 2. The van der Waals surface area contributed by atoms with Crippen LogP contribution in [0.4, 0.5) is 0 Å². The summed E-state index contributed by atoms with van der Waals surface area (Å²) in [5.41, 5.74) is 1.81. The molecule has 138 valence electrons. The number of likely N-dealkylation sites (tertiary alicyclic amines) is 1. The summed E-state index contributed by atoms with van der Waals surface area (Å²) in [5, 5.41) is 12.3. The first kappa shape index (κ1) is 21.7. The number of benzene rings is 1. The Kier molecular flexibility index (Phi) is 9.83. The summed E-state index contributed by atoms with van der Waals surface area (Å²) in [6, 6.07) is 10.4. The molecule has 1 aromatic carbocycles. The average Bonchev–Trinajstić information content (AvgIpc) is 3.06. The Bertz CT molecular complexity index is 578. The van der Waals surface area contributed by atoms with Crippen LogP contribution in [0.25, 0.3) is 0 Å². The lowest BCUT2D eigenvalue weighted by atomic mass is 10.1. The molecule has 0 aliphatic carbocycles. The molecule has 25 heavy (non-hydrogen) atoms. The fourth-order valence-electron chi connectivity index (χ4n) is 3.24. The largest absolute Gasteiger partial charge is 0.357 e. The van der Waals surface area contributed by atoms with E-state index in [1.807, 2.05) is 24.3 Å². The van der Waals surface area contributed by atoms with E-state index in [1.165, 1.54) is 19.4 Å². The summed E-state index contributed by atoms with van der Waals surface area (Å²) in [6.07, 6.45) is 2.57. The van der Waals surface area contributed by atoms with Gasteiger partial charge in [-0.15, -0.1) is 24.0 Å². The fraction of sp³-hybridized carbons (Fsp3) is 0.579. The fourth-order valence-corrected chi connectivity index (χ4v) is 3.24. The zero-order chi connectivity index (χ0) is 17.4. The molecule has 0 aromatic heterocycles. The Balaban J connectivity index is 0.00000312. The van der Waals surface area contributed by atoms with Gasteiger partial charge in [0, 0.05) is 26.2 Å². The second kappa shape index (κ2) is 11.3. The van der Waals surface area contributed by atoms with E-state index in [-0.39, 0.29) is 24.0 Å². The van der Waals surface area contributed by atoms with Gasteiger partial charge >= 0.3 is 0 Å². The van der Waals surface area contributed by atoms with E-state index in [9.17, 15) is 0 Å². The summed E-state index contributed by atoms with van der Waals surface area (Å²) < 4.78 is 0. The van der Waals surface area contributed by atoms with Crippen molar-refractivity contribution in [2.24, 2.45) is 4.99 Å². The van der Waals surface area contributed by atoms with Gasteiger partial charge in [0.25, 0.3) is 0 Å². The van der Waals surface area contributed by atoms with Gasteiger partial charge in [0.2, 0.25) is 0 Å². The maximum Gasteiger partial charge on any atom is 0.194 e. The van der Waals surface area contributed by atoms with E-state index in [0.717, 1.165) is 31.2 Å². The monoisotopic (exact) mass is 455 g/mol. The molecule has 1 aliphatic rings. The molecule has 1 aromatic rings. The highest BCUT2D eigenvalue weighted by molar-refractivity contribution is 14.0. The van der Waals surface area contributed by atoms with E-state index >= 15 is 0 Å². The van der Waals surface area contributed by atoms with E-state index in [4.69, 9.17) is 10.3 Å². The summed E-state index contributed by atoms with van der Waals surface area (Å²) >= 11 is 0. The lowest BCUT2D eigenvalue weighted by molar-refractivity contribution is 0.232. The number of aliphatic imine (C=N–C) groups is 1. The molecule has 0 bridgehead atoms. The minimum absolute atomic E-state index is 0. The van der Waals surface area contributed by atoms with E-state index < -0.39 is 0 Å². The van der Waals surface area contributed by atoms with Gasteiger partial charge in [0.05, 0.1) is 18.2 Å². The van der Waals surface area contributed by atoms with Crippen LogP contribution in [0, 0.1) is 11.3 Å². The predicted octanol–water partition coefficient (Wildman–Crippen LogP) is 3.06. The molecule has 6 heteroatoms. The molecule has 1 heterocycles. The lowest BCUT2D eigenvalue weighted by Gasteiger charge is -2.29. The van der Waals surface area contributed by atoms with E-state index in [0.29, 0.717) is 18.2 Å².